The lowest BCUT2D eigenvalue weighted by molar-refractivity contribution is 0.102. The molecule has 4 aromatic rings. The molecule has 0 bridgehead atoms. The van der Waals surface area contributed by atoms with Crippen LogP contribution in [0.5, 0.6) is 11.5 Å². The van der Waals surface area contributed by atoms with E-state index in [4.69, 9.17) is 14.0 Å². The van der Waals surface area contributed by atoms with Crippen LogP contribution in [0.3, 0.4) is 0 Å². The molecular formula is C23H19N3O4. The third-order valence-corrected chi connectivity index (χ3v) is 4.49. The van der Waals surface area contributed by atoms with Crippen molar-refractivity contribution in [1.82, 2.24) is 10.1 Å². The SMILES string of the molecule is COc1ccc(C(=O)Nc2ccc(-c3nc(-c4ccccc4)no3)cc2)cc1OC. The Balaban J connectivity index is 1.48. The number of benzene rings is 3. The monoisotopic (exact) mass is 401 g/mol. The van der Waals surface area contributed by atoms with Gasteiger partial charge in [0, 0.05) is 22.4 Å². The number of hydrogen-bond acceptors (Lipinski definition) is 6. The van der Waals surface area contributed by atoms with Crippen LogP contribution in [0.1, 0.15) is 10.4 Å². The molecule has 0 unspecified atom stereocenters. The van der Waals surface area contributed by atoms with Gasteiger partial charge < -0.3 is 19.3 Å². The average Bonchev–Trinajstić information content (AvgIpc) is 3.30. The van der Waals surface area contributed by atoms with E-state index in [-0.39, 0.29) is 5.91 Å². The molecule has 0 aliphatic carbocycles. The quantitative estimate of drug-likeness (QED) is 0.505. The Labute approximate surface area is 173 Å². The van der Waals surface area contributed by atoms with Gasteiger partial charge >= 0.3 is 0 Å². The summed E-state index contributed by atoms with van der Waals surface area (Å²) in [6.07, 6.45) is 0. The zero-order valence-corrected chi connectivity index (χ0v) is 16.5. The molecule has 4 rings (SSSR count). The summed E-state index contributed by atoms with van der Waals surface area (Å²) >= 11 is 0. The molecule has 0 fully saturated rings. The molecule has 0 spiro atoms. The number of anilines is 1. The van der Waals surface area contributed by atoms with Crippen molar-refractivity contribution in [2.75, 3.05) is 19.5 Å². The number of rotatable bonds is 6. The van der Waals surface area contributed by atoms with Crippen LogP contribution in [0.25, 0.3) is 22.8 Å². The lowest BCUT2D eigenvalue weighted by Crippen LogP contribution is -2.12. The number of carbonyl (C=O) groups excluding carboxylic acids is 1. The fourth-order valence-electron chi connectivity index (χ4n) is 2.92. The van der Waals surface area contributed by atoms with E-state index in [2.05, 4.69) is 15.5 Å². The zero-order valence-electron chi connectivity index (χ0n) is 16.5. The lowest BCUT2D eigenvalue weighted by Gasteiger charge is -2.10. The van der Waals surface area contributed by atoms with E-state index in [0.717, 1.165) is 11.1 Å². The van der Waals surface area contributed by atoms with Crippen molar-refractivity contribution in [3.05, 3.63) is 78.4 Å². The molecule has 3 aromatic carbocycles. The number of ether oxygens (including phenoxy) is 2. The van der Waals surface area contributed by atoms with Gasteiger partial charge in [-0.2, -0.15) is 4.98 Å². The molecule has 1 aromatic heterocycles. The highest BCUT2D eigenvalue weighted by atomic mass is 16.5. The Morgan fingerprint density at radius 1 is 0.867 bits per heavy atom. The van der Waals surface area contributed by atoms with Crippen LogP contribution in [0.15, 0.2) is 77.3 Å². The van der Waals surface area contributed by atoms with Crippen molar-refractivity contribution in [2.45, 2.75) is 0 Å². The van der Waals surface area contributed by atoms with Gasteiger partial charge in [0.25, 0.3) is 11.8 Å². The fourth-order valence-corrected chi connectivity index (χ4v) is 2.92. The maximum atomic E-state index is 12.5. The minimum Gasteiger partial charge on any atom is -0.493 e. The molecule has 0 aliphatic rings. The lowest BCUT2D eigenvalue weighted by atomic mass is 10.1. The Morgan fingerprint density at radius 2 is 1.60 bits per heavy atom. The molecule has 0 saturated heterocycles. The summed E-state index contributed by atoms with van der Waals surface area (Å²) in [5.41, 5.74) is 2.74. The first-order valence-corrected chi connectivity index (χ1v) is 9.21. The summed E-state index contributed by atoms with van der Waals surface area (Å²) in [7, 11) is 3.07. The molecule has 7 heteroatoms. The van der Waals surface area contributed by atoms with Crippen LogP contribution < -0.4 is 14.8 Å². The minimum absolute atomic E-state index is 0.257. The molecular weight excluding hydrogens is 382 g/mol. The van der Waals surface area contributed by atoms with Crippen molar-refractivity contribution in [1.29, 1.82) is 0 Å². The van der Waals surface area contributed by atoms with E-state index in [1.54, 1.807) is 37.4 Å². The van der Waals surface area contributed by atoms with Gasteiger partial charge in [-0.05, 0) is 42.5 Å². The molecule has 1 amide bonds. The van der Waals surface area contributed by atoms with Crippen LogP contribution >= 0.6 is 0 Å². The van der Waals surface area contributed by atoms with E-state index in [9.17, 15) is 4.79 Å². The minimum atomic E-state index is -0.257. The van der Waals surface area contributed by atoms with Crippen LogP contribution in [0.4, 0.5) is 5.69 Å². The molecule has 7 nitrogen and oxygen atoms in total. The number of aromatic nitrogens is 2. The van der Waals surface area contributed by atoms with Crippen molar-refractivity contribution in [3.8, 4) is 34.3 Å². The van der Waals surface area contributed by atoms with E-state index in [1.807, 2.05) is 42.5 Å². The summed E-state index contributed by atoms with van der Waals surface area (Å²) in [4.78, 5) is 17.0. The Kier molecular flexibility index (Phi) is 5.43. The second-order valence-corrected chi connectivity index (χ2v) is 6.39. The number of methoxy groups -OCH3 is 2. The maximum absolute atomic E-state index is 12.5. The number of nitrogens with one attached hydrogen (secondary N) is 1. The average molecular weight is 401 g/mol. The van der Waals surface area contributed by atoms with Crippen LogP contribution in [-0.4, -0.2) is 30.3 Å². The van der Waals surface area contributed by atoms with E-state index in [1.165, 1.54) is 7.11 Å². The molecule has 30 heavy (non-hydrogen) atoms. The summed E-state index contributed by atoms with van der Waals surface area (Å²) in [6, 6.07) is 21.8. The van der Waals surface area contributed by atoms with Gasteiger partial charge in [-0.1, -0.05) is 35.5 Å². The summed E-state index contributed by atoms with van der Waals surface area (Å²) in [5, 5.41) is 6.88. The number of amides is 1. The predicted molar refractivity (Wildman–Crippen MR) is 113 cm³/mol. The van der Waals surface area contributed by atoms with Crippen LogP contribution in [0.2, 0.25) is 0 Å². The first-order valence-electron chi connectivity index (χ1n) is 9.21. The predicted octanol–water partition coefficient (Wildman–Crippen LogP) is 4.67. The molecule has 1 heterocycles. The highest BCUT2D eigenvalue weighted by Crippen LogP contribution is 2.28. The van der Waals surface area contributed by atoms with Gasteiger partial charge in [-0.25, -0.2) is 0 Å². The van der Waals surface area contributed by atoms with Gasteiger partial charge in [-0.15, -0.1) is 0 Å². The van der Waals surface area contributed by atoms with Gasteiger partial charge in [-0.3, -0.25) is 4.79 Å². The highest BCUT2D eigenvalue weighted by molar-refractivity contribution is 6.04. The maximum Gasteiger partial charge on any atom is 0.258 e. The van der Waals surface area contributed by atoms with Crippen molar-refractivity contribution in [3.63, 3.8) is 0 Å². The Hall–Kier alpha value is -4.13. The number of nitrogens with zero attached hydrogens (tertiary/aromatic N) is 2. The van der Waals surface area contributed by atoms with Crippen LogP contribution in [0, 0.1) is 0 Å². The highest BCUT2D eigenvalue weighted by Gasteiger charge is 2.13. The summed E-state index contributed by atoms with van der Waals surface area (Å²) < 4.78 is 15.8. The molecule has 0 aliphatic heterocycles. The number of hydrogen-bond donors (Lipinski definition) is 1. The summed E-state index contributed by atoms with van der Waals surface area (Å²) in [6.45, 7) is 0. The van der Waals surface area contributed by atoms with Gasteiger partial charge in [0.05, 0.1) is 14.2 Å². The van der Waals surface area contributed by atoms with E-state index >= 15 is 0 Å². The first-order chi connectivity index (χ1) is 14.7. The number of carbonyl (C=O) groups is 1. The van der Waals surface area contributed by atoms with Crippen molar-refractivity contribution in [2.24, 2.45) is 0 Å². The third kappa shape index (κ3) is 4.00. The molecule has 0 radical (unpaired) electrons. The normalized spacial score (nSPS) is 10.5. The third-order valence-electron chi connectivity index (χ3n) is 4.49. The van der Waals surface area contributed by atoms with Crippen LogP contribution in [-0.2, 0) is 0 Å². The molecule has 1 N–H and O–H groups in total. The van der Waals surface area contributed by atoms with Crippen molar-refractivity contribution >= 4 is 11.6 Å². The fraction of sp³-hybridized carbons (Fsp3) is 0.0870. The Morgan fingerprint density at radius 3 is 2.30 bits per heavy atom. The molecule has 0 saturated carbocycles. The largest absolute Gasteiger partial charge is 0.493 e. The van der Waals surface area contributed by atoms with Gasteiger partial charge in [0.2, 0.25) is 5.82 Å². The first kappa shape index (κ1) is 19.2. The Bertz CT molecular complexity index is 1150. The zero-order chi connectivity index (χ0) is 20.9. The van der Waals surface area contributed by atoms with Gasteiger partial charge in [0.1, 0.15) is 0 Å². The second kappa shape index (κ2) is 8.48. The summed E-state index contributed by atoms with van der Waals surface area (Å²) in [5.74, 6) is 1.73. The molecule has 150 valence electrons. The molecule has 0 atom stereocenters. The van der Waals surface area contributed by atoms with Crippen molar-refractivity contribution < 1.29 is 18.8 Å². The smallest absolute Gasteiger partial charge is 0.258 e. The second-order valence-electron chi connectivity index (χ2n) is 6.39. The van der Waals surface area contributed by atoms with E-state index < -0.39 is 0 Å². The van der Waals surface area contributed by atoms with Gasteiger partial charge in [0.15, 0.2) is 11.5 Å². The standard InChI is InChI=1S/C23H19N3O4/c1-28-19-13-10-17(14-20(19)29-2)22(27)24-18-11-8-16(9-12-18)23-25-21(26-30-23)15-6-4-3-5-7-15/h3-14H,1-2H3,(H,24,27). The van der Waals surface area contributed by atoms with E-state index in [0.29, 0.717) is 34.5 Å². The topological polar surface area (TPSA) is 86.5 Å².